The monoisotopic (exact) mass is 373 g/mol. The maximum Gasteiger partial charge on any atom is 0.350 e. The summed E-state index contributed by atoms with van der Waals surface area (Å²) in [7, 11) is -3.81. The maximum absolute atomic E-state index is 11.9. The van der Waals surface area contributed by atoms with Crippen LogP contribution >= 0.6 is 15.9 Å². The Morgan fingerprint density at radius 1 is 1.43 bits per heavy atom. The molecule has 0 amide bonds. The van der Waals surface area contributed by atoms with Crippen molar-refractivity contribution in [2.75, 3.05) is 6.61 Å². The minimum Gasteiger partial charge on any atom is -0.462 e. The minimum absolute atomic E-state index is 0.0289. The van der Waals surface area contributed by atoms with E-state index in [2.05, 4.69) is 26.1 Å². The minimum atomic E-state index is -3.81. The van der Waals surface area contributed by atoms with E-state index in [9.17, 15) is 13.2 Å². The molecule has 0 bridgehead atoms. The second kappa shape index (κ2) is 7.78. The Morgan fingerprint density at radius 2 is 2.05 bits per heavy atom. The lowest BCUT2D eigenvalue weighted by molar-refractivity contribution is -0.138. The summed E-state index contributed by atoms with van der Waals surface area (Å²) in [6, 6.07) is 7.54. The molecule has 0 aliphatic rings. The number of nitriles is 1. The van der Waals surface area contributed by atoms with Crippen molar-refractivity contribution in [3.05, 3.63) is 40.5 Å². The van der Waals surface area contributed by atoms with Crippen LogP contribution in [0.15, 0.2) is 45.4 Å². The molecule has 112 valence electrons. The molecule has 0 aliphatic heterocycles. The van der Waals surface area contributed by atoms with Gasteiger partial charge in [-0.1, -0.05) is 15.9 Å². The van der Waals surface area contributed by atoms with Crippen molar-refractivity contribution in [1.29, 1.82) is 5.26 Å². The van der Waals surface area contributed by atoms with Crippen LogP contribution in [0.25, 0.3) is 0 Å². The number of carbonyl (C=O) groups excluding carboxylic acids is 1. The first kappa shape index (κ1) is 17.2. The molecule has 0 saturated heterocycles. The number of ether oxygens (including phenoxy) is 1. The zero-order valence-electron chi connectivity index (χ0n) is 11.0. The lowest BCUT2D eigenvalue weighted by atomic mass is 10.3. The van der Waals surface area contributed by atoms with E-state index in [-0.39, 0.29) is 17.1 Å². The van der Waals surface area contributed by atoms with Gasteiger partial charge in [0.1, 0.15) is 6.07 Å². The molecule has 1 aromatic rings. The number of hydrazine groups is 1. The van der Waals surface area contributed by atoms with E-state index in [1.165, 1.54) is 12.1 Å². The van der Waals surface area contributed by atoms with Crippen LogP contribution in [0.1, 0.15) is 6.92 Å². The highest BCUT2D eigenvalue weighted by atomic mass is 79.9. The summed E-state index contributed by atoms with van der Waals surface area (Å²) in [5, 5.41) is 8.76. The average molecular weight is 374 g/mol. The average Bonchev–Trinajstić information content (AvgIpc) is 2.44. The van der Waals surface area contributed by atoms with Crippen LogP contribution in [-0.2, 0) is 19.6 Å². The summed E-state index contributed by atoms with van der Waals surface area (Å²) >= 11 is 3.20. The Bertz CT molecular complexity index is 677. The van der Waals surface area contributed by atoms with Gasteiger partial charge in [0.15, 0.2) is 5.57 Å². The zero-order chi connectivity index (χ0) is 15.9. The molecule has 9 heteroatoms. The third-order valence-corrected chi connectivity index (χ3v) is 3.96. The molecule has 0 saturated carbocycles. The molecular formula is C12H12BrN3O4S. The molecule has 21 heavy (non-hydrogen) atoms. The van der Waals surface area contributed by atoms with Gasteiger partial charge in [-0.2, -0.15) is 5.26 Å². The predicted octanol–water partition coefficient (Wildman–Crippen LogP) is 1.20. The highest BCUT2D eigenvalue weighted by Crippen LogP contribution is 2.13. The summed E-state index contributed by atoms with van der Waals surface area (Å²) < 4.78 is 29.1. The standard InChI is InChI=1S/C12H12BrN3O4S/c1-2-20-12(17)9(7-14)8-15-16-21(18,19)11-5-3-10(13)4-6-11/h3-6,8,15-16H,2H2,1H3/b9-8+. The molecule has 0 atom stereocenters. The maximum atomic E-state index is 11.9. The van der Waals surface area contributed by atoms with E-state index in [1.54, 1.807) is 25.1 Å². The van der Waals surface area contributed by atoms with Crippen molar-refractivity contribution in [2.24, 2.45) is 0 Å². The molecule has 0 aliphatic carbocycles. The topological polar surface area (TPSA) is 108 Å². The third kappa shape index (κ3) is 5.18. The summed E-state index contributed by atoms with van der Waals surface area (Å²) in [6.45, 7) is 1.71. The molecule has 0 fully saturated rings. The van der Waals surface area contributed by atoms with Gasteiger partial charge in [0, 0.05) is 10.7 Å². The number of halogens is 1. The first-order chi connectivity index (χ1) is 9.90. The van der Waals surface area contributed by atoms with Crippen molar-refractivity contribution in [3.8, 4) is 6.07 Å². The third-order valence-electron chi connectivity index (χ3n) is 2.15. The van der Waals surface area contributed by atoms with Gasteiger partial charge in [-0.05, 0) is 31.2 Å². The summed E-state index contributed by atoms with van der Waals surface area (Å²) in [5.74, 6) is -0.838. The van der Waals surface area contributed by atoms with Crippen molar-refractivity contribution in [3.63, 3.8) is 0 Å². The Morgan fingerprint density at radius 3 is 2.57 bits per heavy atom. The van der Waals surface area contributed by atoms with Crippen LogP contribution < -0.4 is 10.3 Å². The van der Waals surface area contributed by atoms with E-state index < -0.39 is 16.0 Å². The van der Waals surface area contributed by atoms with Gasteiger partial charge in [0.2, 0.25) is 0 Å². The lowest BCUT2D eigenvalue weighted by Crippen LogP contribution is -2.34. The van der Waals surface area contributed by atoms with E-state index >= 15 is 0 Å². The number of sulfonamides is 1. The van der Waals surface area contributed by atoms with Gasteiger partial charge in [0.25, 0.3) is 10.0 Å². The quantitative estimate of drug-likeness (QED) is 0.335. The number of hydrogen-bond donors (Lipinski definition) is 2. The van der Waals surface area contributed by atoms with Gasteiger partial charge >= 0.3 is 5.97 Å². The van der Waals surface area contributed by atoms with Crippen molar-refractivity contribution >= 4 is 31.9 Å². The lowest BCUT2D eigenvalue weighted by Gasteiger charge is -2.06. The largest absolute Gasteiger partial charge is 0.462 e. The number of carbonyl (C=O) groups is 1. The molecule has 0 radical (unpaired) electrons. The van der Waals surface area contributed by atoms with Crippen LogP contribution in [0, 0.1) is 11.3 Å². The van der Waals surface area contributed by atoms with Gasteiger partial charge < -0.3 is 10.2 Å². The number of benzene rings is 1. The van der Waals surface area contributed by atoms with E-state index in [4.69, 9.17) is 5.26 Å². The Kier molecular flexibility index (Phi) is 6.36. The van der Waals surface area contributed by atoms with E-state index in [1.807, 2.05) is 4.83 Å². The van der Waals surface area contributed by atoms with Gasteiger partial charge in [-0.15, -0.1) is 4.83 Å². The summed E-state index contributed by atoms with van der Waals surface area (Å²) in [6.07, 6.45) is 0.925. The van der Waals surface area contributed by atoms with Gasteiger partial charge in [-0.25, -0.2) is 13.2 Å². The van der Waals surface area contributed by atoms with Gasteiger partial charge in [0.05, 0.1) is 11.5 Å². The van der Waals surface area contributed by atoms with Crippen molar-refractivity contribution < 1.29 is 17.9 Å². The Labute approximate surface area is 130 Å². The summed E-state index contributed by atoms with van der Waals surface area (Å²) in [5.41, 5.74) is 1.84. The van der Waals surface area contributed by atoms with Gasteiger partial charge in [-0.3, -0.25) is 0 Å². The van der Waals surface area contributed by atoms with Crippen LogP contribution in [0.4, 0.5) is 0 Å². The first-order valence-corrected chi connectivity index (χ1v) is 7.98. The molecule has 7 nitrogen and oxygen atoms in total. The molecular weight excluding hydrogens is 362 g/mol. The second-order valence-corrected chi connectivity index (χ2v) is 6.19. The number of hydrogen-bond acceptors (Lipinski definition) is 6. The number of esters is 1. The van der Waals surface area contributed by atoms with E-state index in [0.29, 0.717) is 0 Å². The number of rotatable bonds is 6. The molecule has 0 heterocycles. The highest BCUT2D eigenvalue weighted by Gasteiger charge is 2.14. The fraction of sp³-hybridized carbons (Fsp3) is 0.167. The van der Waals surface area contributed by atoms with Crippen LogP contribution in [0.3, 0.4) is 0 Å². The SMILES string of the molecule is CCOC(=O)/C(C#N)=C/NNS(=O)(=O)c1ccc(Br)cc1. The Hall–Kier alpha value is -1.89. The molecule has 0 unspecified atom stereocenters. The van der Waals surface area contributed by atoms with Crippen molar-refractivity contribution in [2.45, 2.75) is 11.8 Å². The normalized spacial score (nSPS) is 11.6. The fourth-order valence-corrected chi connectivity index (χ4v) is 2.29. The smallest absolute Gasteiger partial charge is 0.350 e. The predicted molar refractivity (Wildman–Crippen MR) is 77.9 cm³/mol. The molecule has 0 aromatic heterocycles. The molecule has 1 aromatic carbocycles. The fourth-order valence-electron chi connectivity index (χ4n) is 1.20. The molecule has 0 spiro atoms. The summed E-state index contributed by atoms with van der Waals surface area (Å²) in [4.78, 5) is 13.4. The van der Waals surface area contributed by atoms with E-state index in [0.717, 1.165) is 10.7 Å². The molecule has 2 N–H and O–H groups in total. The number of nitrogens with one attached hydrogen (secondary N) is 2. The van der Waals surface area contributed by atoms with Crippen LogP contribution in [0.2, 0.25) is 0 Å². The van der Waals surface area contributed by atoms with Crippen molar-refractivity contribution in [1.82, 2.24) is 10.3 Å². The van der Waals surface area contributed by atoms with Crippen LogP contribution in [-0.4, -0.2) is 21.0 Å². The number of nitrogens with zero attached hydrogens (tertiary/aromatic N) is 1. The zero-order valence-corrected chi connectivity index (χ0v) is 13.4. The molecule has 1 rings (SSSR count). The highest BCUT2D eigenvalue weighted by molar-refractivity contribution is 9.10. The Balaban J connectivity index is 2.76. The van der Waals surface area contributed by atoms with Crippen LogP contribution in [0.5, 0.6) is 0 Å². The first-order valence-electron chi connectivity index (χ1n) is 5.71. The second-order valence-electron chi connectivity index (χ2n) is 3.59.